The molecular formula is C18H21NO2. The van der Waals surface area contributed by atoms with Crippen LogP contribution in [0.5, 0.6) is 0 Å². The summed E-state index contributed by atoms with van der Waals surface area (Å²) >= 11 is 0. The second kappa shape index (κ2) is 6.44. The Hall–Kier alpha value is -2.29. The van der Waals surface area contributed by atoms with Gasteiger partial charge in [0.25, 0.3) is 0 Å². The van der Waals surface area contributed by atoms with Crippen LogP contribution in [-0.2, 0) is 6.54 Å². The monoisotopic (exact) mass is 283 g/mol. The lowest BCUT2D eigenvalue weighted by Gasteiger charge is -2.12. The summed E-state index contributed by atoms with van der Waals surface area (Å²) < 4.78 is 0. The van der Waals surface area contributed by atoms with Gasteiger partial charge in [0.2, 0.25) is 0 Å². The lowest BCUT2D eigenvalue weighted by molar-refractivity contribution is 0.0696. The van der Waals surface area contributed by atoms with Gasteiger partial charge in [0.05, 0.1) is 5.56 Å². The van der Waals surface area contributed by atoms with Crippen molar-refractivity contribution in [2.45, 2.75) is 33.2 Å². The number of nitrogens with one attached hydrogen (secondary N) is 1. The lowest BCUT2D eigenvalue weighted by atomic mass is 10.0. The minimum Gasteiger partial charge on any atom is -0.478 e. The molecule has 0 fully saturated rings. The van der Waals surface area contributed by atoms with Crippen LogP contribution in [0.25, 0.3) is 0 Å². The highest BCUT2D eigenvalue weighted by Gasteiger charge is 2.09. The molecule has 3 heteroatoms. The number of hydrogen-bond acceptors (Lipinski definition) is 2. The first-order valence-electron chi connectivity index (χ1n) is 7.14. The van der Waals surface area contributed by atoms with E-state index in [4.69, 9.17) is 5.11 Å². The number of carboxylic acid groups (broad SMARTS) is 1. The van der Waals surface area contributed by atoms with E-state index in [-0.39, 0.29) is 0 Å². The number of carbonyl (C=O) groups is 1. The number of aromatic carboxylic acids is 1. The Kier molecular flexibility index (Phi) is 4.63. The van der Waals surface area contributed by atoms with Gasteiger partial charge in [-0.1, -0.05) is 44.2 Å². The number of anilines is 1. The summed E-state index contributed by atoms with van der Waals surface area (Å²) in [6.45, 7) is 6.86. The SMILES string of the molecule is Cc1c(NCc2ccc(C(C)C)cc2)cccc1C(=O)O. The van der Waals surface area contributed by atoms with Crippen molar-refractivity contribution in [3.8, 4) is 0 Å². The Bertz CT molecular complexity index is 630. The molecule has 2 aromatic rings. The maximum Gasteiger partial charge on any atom is 0.336 e. The van der Waals surface area contributed by atoms with Crippen LogP contribution < -0.4 is 5.32 Å². The average Bonchev–Trinajstić information content (AvgIpc) is 2.46. The van der Waals surface area contributed by atoms with E-state index in [2.05, 4.69) is 43.4 Å². The van der Waals surface area contributed by atoms with Gasteiger partial charge in [-0.2, -0.15) is 0 Å². The largest absolute Gasteiger partial charge is 0.478 e. The summed E-state index contributed by atoms with van der Waals surface area (Å²) in [6.07, 6.45) is 0. The van der Waals surface area contributed by atoms with E-state index in [1.54, 1.807) is 12.1 Å². The van der Waals surface area contributed by atoms with Gasteiger partial charge in [-0.3, -0.25) is 0 Å². The molecule has 0 radical (unpaired) electrons. The lowest BCUT2D eigenvalue weighted by Crippen LogP contribution is -2.05. The van der Waals surface area contributed by atoms with Crippen LogP contribution in [0.1, 0.15) is 46.8 Å². The molecule has 2 N–H and O–H groups in total. The third-order valence-corrected chi connectivity index (χ3v) is 3.69. The molecule has 2 aromatic carbocycles. The molecule has 0 amide bonds. The fraction of sp³-hybridized carbons (Fsp3) is 0.278. The third-order valence-electron chi connectivity index (χ3n) is 3.69. The average molecular weight is 283 g/mol. The first-order chi connectivity index (χ1) is 9.99. The van der Waals surface area contributed by atoms with Crippen molar-refractivity contribution in [2.75, 3.05) is 5.32 Å². The summed E-state index contributed by atoms with van der Waals surface area (Å²) in [5.74, 6) is -0.362. The molecule has 0 spiro atoms. The van der Waals surface area contributed by atoms with Crippen LogP contribution in [-0.4, -0.2) is 11.1 Å². The summed E-state index contributed by atoms with van der Waals surface area (Å²) in [5, 5.41) is 12.4. The molecule has 0 aromatic heterocycles. The molecule has 0 saturated heterocycles. The van der Waals surface area contributed by atoms with E-state index >= 15 is 0 Å². The molecule has 3 nitrogen and oxygen atoms in total. The third kappa shape index (κ3) is 3.63. The summed E-state index contributed by atoms with van der Waals surface area (Å²) in [5.41, 5.74) is 4.48. The zero-order valence-corrected chi connectivity index (χ0v) is 12.7. The van der Waals surface area contributed by atoms with E-state index in [1.165, 1.54) is 11.1 Å². The minimum atomic E-state index is -0.891. The van der Waals surface area contributed by atoms with E-state index in [9.17, 15) is 4.79 Å². The highest BCUT2D eigenvalue weighted by molar-refractivity contribution is 5.91. The van der Waals surface area contributed by atoms with E-state index < -0.39 is 5.97 Å². The first kappa shape index (κ1) is 15.1. The molecule has 0 aliphatic heterocycles. The number of rotatable bonds is 5. The standard InChI is InChI=1S/C18H21NO2/c1-12(2)15-9-7-14(8-10-15)11-19-17-6-4-5-16(13(17)3)18(20)21/h4-10,12,19H,11H2,1-3H3,(H,20,21). The molecule has 0 atom stereocenters. The van der Waals surface area contributed by atoms with Crippen LogP contribution in [0.3, 0.4) is 0 Å². The van der Waals surface area contributed by atoms with Gasteiger partial charge in [-0.25, -0.2) is 4.79 Å². The number of hydrogen-bond donors (Lipinski definition) is 2. The first-order valence-corrected chi connectivity index (χ1v) is 7.14. The zero-order chi connectivity index (χ0) is 15.4. The maximum absolute atomic E-state index is 11.1. The fourth-order valence-corrected chi connectivity index (χ4v) is 2.28. The summed E-state index contributed by atoms with van der Waals surface area (Å²) in [6, 6.07) is 13.8. The molecule has 0 heterocycles. The maximum atomic E-state index is 11.1. The predicted octanol–water partition coefficient (Wildman–Crippen LogP) is 4.43. The molecule has 0 unspecified atom stereocenters. The van der Waals surface area contributed by atoms with Crippen LogP contribution in [0.4, 0.5) is 5.69 Å². The van der Waals surface area contributed by atoms with Gasteiger partial charge >= 0.3 is 5.97 Å². The van der Waals surface area contributed by atoms with Crippen molar-refractivity contribution in [1.29, 1.82) is 0 Å². The number of benzene rings is 2. The smallest absolute Gasteiger partial charge is 0.336 e. The fourth-order valence-electron chi connectivity index (χ4n) is 2.28. The molecule has 0 bridgehead atoms. The molecule has 2 rings (SSSR count). The molecule has 0 aliphatic rings. The second-order valence-electron chi connectivity index (χ2n) is 5.53. The quantitative estimate of drug-likeness (QED) is 0.853. The van der Waals surface area contributed by atoms with Crippen molar-refractivity contribution < 1.29 is 9.90 Å². The van der Waals surface area contributed by atoms with Crippen molar-refractivity contribution in [2.24, 2.45) is 0 Å². The Morgan fingerprint density at radius 3 is 2.38 bits per heavy atom. The van der Waals surface area contributed by atoms with Crippen LogP contribution >= 0.6 is 0 Å². The van der Waals surface area contributed by atoms with E-state index in [0.29, 0.717) is 18.0 Å². The Morgan fingerprint density at radius 2 is 1.81 bits per heavy atom. The van der Waals surface area contributed by atoms with Gasteiger partial charge in [0.15, 0.2) is 0 Å². The zero-order valence-electron chi connectivity index (χ0n) is 12.7. The Morgan fingerprint density at radius 1 is 1.14 bits per heavy atom. The molecule has 21 heavy (non-hydrogen) atoms. The van der Waals surface area contributed by atoms with Gasteiger partial charge in [-0.05, 0) is 41.7 Å². The van der Waals surface area contributed by atoms with E-state index in [0.717, 1.165) is 11.3 Å². The van der Waals surface area contributed by atoms with Crippen molar-refractivity contribution in [3.63, 3.8) is 0 Å². The van der Waals surface area contributed by atoms with Crippen molar-refractivity contribution >= 4 is 11.7 Å². The predicted molar refractivity (Wildman–Crippen MR) is 86.0 cm³/mol. The van der Waals surface area contributed by atoms with Gasteiger partial charge < -0.3 is 10.4 Å². The molecule has 110 valence electrons. The normalized spacial score (nSPS) is 10.7. The van der Waals surface area contributed by atoms with Crippen molar-refractivity contribution in [3.05, 3.63) is 64.7 Å². The summed E-state index contributed by atoms with van der Waals surface area (Å²) in [7, 11) is 0. The highest BCUT2D eigenvalue weighted by atomic mass is 16.4. The topological polar surface area (TPSA) is 49.3 Å². The second-order valence-corrected chi connectivity index (χ2v) is 5.53. The minimum absolute atomic E-state index is 0.343. The van der Waals surface area contributed by atoms with Crippen LogP contribution in [0, 0.1) is 6.92 Å². The summed E-state index contributed by atoms with van der Waals surface area (Å²) in [4.78, 5) is 11.1. The highest BCUT2D eigenvalue weighted by Crippen LogP contribution is 2.20. The van der Waals surface area contributed by atoms with E-state index in [1.807, 2.05) is 13.0 Å². The van der Waals surface area contributed by atoms with Crippen LogP contribution in [0.2, 0.25) is 0 Å². The number of carboxylic acids is 1. The molecule has 0 aliphatic carbocycles. The van der Waals surface area contributed by atoms with Gasteiger partial charge in [0.1, 0.15) is 0 Å². The molecule has 0 saturated carbocycles. The van der Waals surface area contributed by atoms with Crippen LogP contribution in [0.15, 0.2) is 42.5 Å². The molecular weight excluding hydrogens is 262 g/mol. The van der Waals surface area contributed by atoms with Gasteiger partial charge in [-0.15, -0.1) is 0 Å². The Balaban J connectivity index is 2.09. The Labute approximate surface area is 125 Å². The van der Waals surface area contributed by atoms with Gasteiger partial charge in [0, 0.05) is 12.2 Å². The van der Waals surface area contributed by atoms with Crippen molar-refractivity contribution in [1.82, 2.24) is 0 Å².